The van der Waals surface area contributed by atoms with Crippen molar-refractivity contribution in [2.45, 2.75) is 24.7 Å². The van der Waals surface area contributed by atoms with Crippen LogP contribution in [-0.2, 0) is 0 Å². The van der Waals surface area contributed by atoms with Crippen LogP contribution in [0, 0.1) is 0 Å². The van der Waals surface area contributed by atoms with Gasteiger partial charge in [-0.1, -0.05) is 48.5 Å². The van der Waals surface area contributed by atoms with E-state index in [0.717, 1.165) is 23.3 Å². The fraction of sp³-hybridized carbons (Fsp3) is 0.333. The lowest BCUT2D eigenvalue weighted by molar-refractivity contribution is 0.0594. The van der Waals surface area contributed by atoms with E-state index >= 15 is 0 Å². The van der Waals surface area contributed by atoms with Crippen molar-refractivity contribution in [2.75, 3.05) is 14.1 Å². The van der Waals surface area contributed by atoms with Crippen molar-refractivity contribution in [3.63, 3.8) is 0 Å². The second-order valence-corrected chi connectivity index (χ2v) is 5.77. The fourth-order valence-corrected chi connectivity index (χ4v) is 2.95. The van der Waals surface area contributed by atoms with Crippen LogP contribution in [0.2, 0.25) is 0 Å². The lowest BCUT2D eigenvalue weighted by Crippen LogP contribution is -2.34. The van der Waals surface area contributed by atoms with E-state index in [1.165, 1.54) is 0 Å². The Labute approximate surface area is 125 Å². The van der Waals surface area contributed by atoms with Gasteiger partial charge in [0.2, 0.25) is 0 Å². The first-order valence-corrected chi connectivity index (χ1v) is 7.32. The number of aliphatic hydroxyl groups is 1. The highest BCUT2D eigenvalue weighted by atomic mass is 16.5. The number of ether oxygens (including phenoxy) is 1. The van der Waals surface area contributed by atoms with E-state index in [0.29, 0.717) is 0 Å². The van der Waals surface area contributed by atoms with Crippen LogP contribution in [0.3, 0.4) is 0 Å². The van der Waals surface area contributed by atoms with Gasteiger partial charge in [-0.15, -0.1) is 0 Å². The second-order valence-electron chi connectivity index (χ2n) is 5.77. The molecule has 1 heterocycles. The fourth-order valence-electron chi connectivity index (χ4n) is 2.95. The minimum Gasteiger partial charge on any atom is -0.485 e. The van der Waals surface area contributed by atoms with E-state index in [1.807, 2.05) is 56.6 Å². The summed E-state index contributed by atoms with van der Waals surface area (Å²) >= 11 is 0. The number of nitrogens with zero attached hydrogens (tertiary/aromatic N) is 1. The van der Waals surface area contributed by atoms with Gasteiger partial charge < -0.3 is 14.7 Å². The van der Waals surface area contributed by atoms with Gasteiger partial charge in [-0.2, -0.15) is 0 Å². The molecule has 110 valence electrons. The Hall–Kier alpha value is -1.84. The van der Waals surface area contributed by atoms with E-state index in [2.05, 4.69) is 17.0 Å². The normalized spacial score (nSPS) is 25.0. The van der Waals surface area contributed by atoms with Crippen LogP contribution in [0.15, 0.2) is 54.6 Å². The molecular formula is C18H21NO2. The minimum absolute atomic E-state index is 0.0267. The molecule has 0 aliphatic carbocycles. The molecule has 21 heavy (non-hydrogen) atoms. The molecule has 0 spiro atoms. The largest absolute Gasteiger partial charge is 0.485 e. The standard InChI is InChI=1S/C18H21NO2/c1-19(2)15-12-17(13-8-4-3-5-9-13)21-16-11-7-6-10-14(16)18(15)20/h3-11,15,17-18,20H,12H2,1-2H3. The third kappa shape index (κ3) is 2.80. The van der Waals surface area contributed by atoms with Crippen LogP contribution >= 0.6 is 0 Å². The molecule has 3 unspecified atom stereocenters. The topological polar surface area (TPSA) is 32.7 Å². The zero-order chi connectivity index (χ0) is 14.8. The molecule has 0 radical (unpaired) electrons. The predicted molar refractivity (Wildman–Crippen MR) is 83.3 cm³/mol. The first-order chi connectivity index (χ1) is 10.2. The number of hydrogen-bond acceptors (Lipinski definition) is 3. The van der Waals surface area contributed by atoms with Crippen LogP contribution < -0.4 is 4.74 Å². The lowest BCUT2D eigenvalue weighted by atomic mass is 9.95. The molecule has 0 saturated carbocycles. The summed E-state index contributed by atoms with van der Waals surface area (Å²) in [5.41, 5.74) is 2.02. The Kier molecular flexibility index (Phi) is 3.95. The third-order valence-corrected chi connectivity index (χ3v) is 4.16. The Morgan fingerprint density at radius 3 is 2.38 bits per heavy atom. The third-order valence-electron chi connectivity index (χ3n) is 4.16. The lowest BCUT2D eigenvalue weighted by Gasteiger charge is -2.29. The number of fused-ring (bicyclic) bond motifs is 1. The summed E-state index contributed by atoms with van der Waals surface area (Å²) in [5, 5.41) is 10.7. The predicted octanol–water partition coefficient (Wildman–Crippen LogP) is 3.17. The van der Waals surface area contributed by atoms with Crippen LogP contribution in [0.4, 0.5) is 0 Å². The smallest absolute Gasteiger partial charge is 0.126 e. The maximum atomic E-state index is 10.7. The molecule has 2 aromatic carbocycles. The van der Waals surface area contributed by atoms with Crippen molar-refractivity contribution in [3.05, 3.63) is 65.7 Å². The molecule has 0 saturated heterocycles. The maximum absolute atomic E-state index is 10.7. The SMILES string of the molecule is CN(C)C1CC(c2ccccc2)Oc2ccccc2C1O. The van der Waals surface area contributed by atoms with E-state index in [1.54, 1.807) is 0 Å². The maximum Gasteiger partial charge on any atom is 0.126 e. The van der Waals surface area contributed by atoms with Crippen LogP contribution in [0.1, 0.15) is 29.8 Å². The van der Waals surface area contributed by atoms with Crippen LogP contribution in [0.5, 0.6) is 5.75 Å². The number of rotatable bonds is 2. The summed E-state index contributed by atoms with van der Waals surface area (Å²) in [7, 11) is 4.01. The molecule has 1 aliphatic rings. The first-order valence-electron chi connectivity index (χ1n) is 7.32. The van der Waals surface area contributed by atoms with Gasteiger partial charge in [0.15, 0.2) is 0 Å². The van der Waals surface area contributed by atoms with Crippen LogP contribution in [0.25, 0.3) is 0 Å². The van der Waals surface area contributed by atoms with Crippen molar-refractivity contribution < 1.29 is 9.84 Å². The number of benzene rings is 2. The van der Waals surface area contributed by atoms with Crippen molar-refractivity contribution in [2.24, 2.45) is 0 Å². The Balaban J connectivity index is 2.02. The van der Waals surface area contributed by atoms with Gasteiger partial charge in [-0.3, -0.25) is 0 Å². The molecule has 1 aliphatic heterocycles. The molecule has 0 aromatic heterocycles. The molecular weight excluding hydrogens is 262 g/mol. The van der Waals surface area contributed by atoms with Crippen molar-refractivity contribution in [1.82, 2.24) is 4.90 Å². The summed E-state index contributed by atoms with van der Waals surface area (Å²) in [6.07, 6.45) is 0.175. The average molecular weight is 283 g/mol. The summed E-state index contributed by atoms with van der Waals surface area (Å²) in [6.45, 7) is 0. The highest BCUT2D eigenvalue weighted by molar-refractivity contribution is 5.38. The van der Waals surface area contributed by atoms with E-state index in [4.69, 9.17) is 4.74 Å². The second kappa shape index (κ2) is 5.88. The summed E-state index contributed by atoms with van der Waals surface area (Å²) in [5.74, 6) is 0.781. The van der Waals surface area contributed by atoms with Crippen molar-refractivity contribution >= 4 is 0 Å². The Bertz CT molecular complexity index is 597. The van der Waals surface area contributed by atoms with E-state index in [-0.39, 0.29) is 12.1 Å². The summed E-state index contributed by atoms with van der Waals surface area (Å²) in [4.78, 5) is 2.08. The van der Waals surface area contributed by atoms with Gasteiger partial charge in [0.05, 0.1) is 6.10 Å². The highest BCUT2D eigenvalue weighted by Gasteiger charge is 2.33. The molecule has 1 N–H and O–H groups in total. The number of aliphatic hydroxyl groups excluding tert-OH is 1. The molecule has 0 amide bonds. The monoisotopic (exact) mass is 283 g/mol. The summed E-state index contributed by atoms with van der Waals surface area (Å²) in [6, 6.07) is 18.0. The van der Waals surface area contributed by atoms with Gasteiger partial charge in [0.1, 0.15) is 11.9 Å². The van der Waals surface area contributed by atoms with Gasteiger partial charge in [0.25, 0.3) is 0 Å². The van der Waals surface area contributed by atoms with Gasteiger partial charge in [0, 0.05) is 18.0 Å². The zero-order valence-corrected chi connectivity index (χ0v) is 12.4. The quantitative estimate of drug-likeness (QED) is 0.919. The summed E-state index contributed by atoms with van der Waals surface area (Å²) < 4.78 is 6.21. The number of hydrogen-bond donors (Lipinski definition) is 1. The van der Waals surface area contributed by atoms with Gasteiger partial charge in [-0.25, -0.2) is 0 Å². The Morgan fingerprint density at radius 2 is 1.67 bits per heavy atom. The molecule has 2 aromatic rings. The molecule has 0 bridgehead atoms. The molecule has 3 atom stereocenters. The first kappa shape index (κ1) is 14.1. The van der Waals surface area contributed by atoms with Crippen LogP contribution in [-0.4, -0.2) is 30.1 Å². The zero-order valence-electron chi connectivity index (χ0n) is 12.4. The highest BCUT2D eigenvalue weighted by Crippen LogP contribution is 2.39. The van der Waals surface area contributed by atoms with Crippen molar-refractivity contribution in [1.29, 1.82) is 0 Å². The number of likely N-dealkylation sites (N-methyl/N-ethyl adjacent to an activating group) is 1. The number of para-hydroxylation sites is 1. The molecule has 0 fully saturated rings. The Morgan fingerprint density at radius 1 is 1.00 bits per heavy atom. The van der Waals surface area contributed by atoms with Gasteiger partial charge >= 0.3 is 0 Å². The molecule has 3 heteroatoms. The van der Waals surface area contributed by atoms with E-state index < -0.39 is 6.10 Å². The van der Waals surface area contributed by atoms with Gasteiger partial charge in [-0.05, 0) is 25.7 Å². The van der Waals surface area contributed by atoms with Crippen molar-refractivity contribution in [3.8, 4) is 5.75 Å². The molecule has 3 rings (SSSR count). The molecule has 3 nitrogen and oxygen atoms in total. The average Bonchev–Trinajstić information content (AvgIpc) is 2.66. The van der Waals surface area contributed by atoms with E-state index in [9.17, 15) is 5.11 Å². The minimum atomic E-state index is -0.537.